The molecule has 8 heterocycles. The number of ether oxygens (including phenoxy) is 4. The van der Waals surface area contributed by atoms with Crippen molar-refractivity contribution in [2.75, 3.05) is 20.0 Å². The zero-order valence-corrected chi connectivity index (χ0v) is 49.7. The summed E-state index contributed by atoms with van der Waals surface area (Å²) in [6, 6.07) is 10.1. The normalized spacial score (nSPS) is 13.4. The Hall–Kier alpha value is -7.68. The van der Waals surface area contributed by atoms with Crippen LogP contribution in [0.1, 0.15) is 84.7 Å². The first-order valence-corrected chi connectivity index (χ1v) is 23.5. The number of nitro groups is 2. The van der Waals surface area contributed by atoms with Gasteiger partial charge in [0, 0.05) is 88.2 Å². The Morgan fingerprint density at radius 2 is 1.09 bits per heavy atom. The molecule has 0 saturated carbocycles. The van der Waals surface area contributed by atoms with Crippen molar-refractivity contribution in [3.63, 3.8) is 0 Å². The van der Waals surface area contributed by atoms with Crippen molar-refractivity contribution in [3.05, 3.63) is 154 Å². The van der Waals surface area contributed by atoms with Crippen LogP contribution >= 0.6 is 11.6 Å². The maximum atomic E-state index is 11.7. The number of aliphatic imine (C=N–C) groups is 1. The van der Waals surface area contributed by atoms with Gasteiger partial charge in [0.15, 0.2) is 5.92 Å². The van der Waals surface area contributed by atoms with Gasteiger partial charge in [-0.25, -0.2) is 9.97 Å². The van der Waals surface area contributed by atoms with E-state index in [0.717, 1.165) is 76.7 Å². The number of aryl methyl sites for hydroxylation is 9. The fraction of sp³-hybridized carbons (Fsp3) is 0.365. The summed E-state index contributed by atoms with van der Waals surface area (Å²) in [4.78, 5) is 102. The van der Waals surface area contributed by atoms with E-state index in [-0.39, 0.29) is 52.8 Å². The first kappa shape index (κ1) is 71.3. The van der Waals surface area contributed by atoms with Crippen LogP contribution < -0.4 is 45.8 Å². The average molecular weight is 1130 g/mol. The monoisotopic (exact) mass is 1130 g/mol. The van der Waals surface area contributed by atoms with Crippen LogP contribution in [0, 0.1) is 88.5 Å². The number of nitrogens with one attached hydrogen (secondary N) is 1. The topological polar surface area (TPSA) is 370 Å². The number of aliphatic hydroxyl groups is 1. The predicted octanol–water partition coefficient (Wildman–Crippen LogP) is 4.03. The Bertz CT molecular complexity index is 3070. The molecule has 79 heavy (non-hydrogen) atoms. The number of rotatable bonds is 4. The van der Waals surface area contributed by atoms with E-state index in [0.29, 0.717) is 21.9 Å². The molecule has 0 aromatic carbocycles. The number of aromatic amines is 1. The van der Waals surface area contributed by atoms with E-state index in [1.165, 1.54) is 58.3 Å². The standard InChI is InChI=1S/C14H16N2O4.C10H10N2O.C7H8N2O2.C7H10N2.C6H5ClN2O2.C6H8O4.CH4O.CH3O.Na/c1-8-5-10(6-15-9(8)2)16-7-11-12(17)19-14(3,4)20-13(11)18;1-6-5-8-10(12-7(6)2)9(13)3-4-11-8;1-5-3-7(9(10)11)4-8-6(5)2;1-5-3-7(8)4-9-6(5)2;1-4-2-5(9(10)11)3-8-6(4)7;1-6(2)9-4(7)3-5(8)10-6;2*1-2;/h5-7,11H,1-4H3;3-5H,1-2H3,(H,11,13);3-4H,1-2H3;3-4H,8H2,1-2H3;2-3H,1H3;3H2,1-2H3;2H,1H3;1H3;/q;;;;;;;-1;+1. The fourth-order valence-corrected chi connectivity index (χ4v) is 5.90. The fourth-order valence-electron chi connectivity index (χ4n) is 5.79. The van der Waals surface area contributed by atoms with Crippen LogP contribution in [0.5, 0.6) is 0 Å². The summed E-state index contributed by atoms with van der Waals surface area (Å²) >= 11 is 5.55. The summed E-state index contributed by atoms with van der Waals surface area (Å²) in [6.07, 6.45) is 8.23. The molecule has 8 rings (SSSR count). The Labute approximate surface area is 483 Å². The van der Waals surface area contributed by atoms with E-state index in [2.05, 4.69) is 44.4 Å². The molecule has 0 amide bonds. The molecule has 0 unspecified atom stereocenters. The smallest absolute Gasteiger partial charge is 0.857 e. The maximum Gasteiger partial charge on any atom is 1.00 e. The maximum absolute atomic E-state index is 11.7. The van der Waals surface area contributed by atoms with Crippen molar-refractivity contribution >= 4 is 75.5 Å². The van der Waals surface area contributed by atoms with Gasteiger partial charge in [0.05, 0.1) is 39.1 Å². The largest absolute Gasteiger partial charge is 1.00 e. The number of cyclic esters (lactones) is 4. The summed E-state index contributed by atoms with van der Waals surface area (Å²) in [6.45, 7) is 23.0. The molecule has 0 radical (unpaired) electrons. The second-order valence-corrected chi connectivity index (χ2v) is 17.7. The average Bonchev–Trinajstić information content (AvgIpc) is 3.34. The van der Waals surface area contributed by atoms with Gasteiger partial charge in [-0.3, -0.25) is 64.1 Å². The number of aliphatic hydroxyl groups excluding tert-OH is 1. The molecule has 25 nitrogen and oxygen atoms in total. The number of hydrogen-bond acceptors (Lipinski definition) is 22. The molecule has 6 aromatic heterocycles. The number of halogens is 1. The van der Waals surface area contributed by atoms with Crippen LogP contribution in [0.15, 0.2) is 77.2 Å². The summed E-state index contributed by atoms with van der Waals surface area (Å²) in [7, 11) is 1.75. The molecule has 420 valence electrons. The van der Waals surface area contributed by atoms with Gasteiger partial charge < -0.3 is 39.9 Å². The van der Waals surface area contributed by atoms with E-state index >= 15 is 0 Å². The van der Waals surface area contributed by atoms with Crippen molar-refractivity contribution < 1.29 is 87.7 Å². The van der Waals surface area contributed by atoms with E-state index in [4.69, 9.17) is 37.0 Å². The van der Waals surface area contributed by atoms with Crippen LogP contribution in [0.25, 0.3) is 11.0 Å². The van der Waals surface area contributed by atoms with Gasteiger partial charge in [-0.15, -0.1) is 0 Å². The Morgan fingerprint density at radius 1 is 0.658 bits per heavy atom. The van der Waals surface area contributed by atoms with Crippen molar-refractivity contribution in [1.29, 1.82) is 0 Å². The molecule has 4 N–H and O–H groups in total. The van der Waals surface area contributed by atoms with Crippen molar-refractivity contribution in [2.24, 2.45) is 10.9 Å². The summed E-state index contributed by atoms with van der Waals surface area (Å²) in [5.74, 6) is -5.81. The second kappa shape index (κ2) is 33.6. The molecular formula is C52H64ClN10NaO15. The van der Waals surface area contributed by atoms with E-state index in [1.54, 1.807) is 32.4 Å². The van der Waals surface area contributed by atoms with E-state index in [1.807, 2.05) is 66.7 Å². The number of nitrogens with two attached hydrogens (primary N) is 1. The first-order chi connectivity index (χ1) is 36.4. The van der Waals surface area contributed by atoms with Crippen LogP contribution in [0.2, 0.25) is 5.15 Å². The van der Waals surface area contributed by atoms with Crippen molar-refractivity contribution in [3.8, 4) is 0 Å². The van der Waals surface area contributed by atoms with Crippen LogP contribution in [-0.2, 0) is 38.1 Å². The molecule has 6 aromatic rings. The van der Waals surface area contributed by atoms with Gasteiger partial charge in [0.1, 0.15) is 29.5 Å². The summed E-state index contributed by atoms with van der Waals surface area (Å²) < 4.78 is 19.3. The van der Waals surface area contributed by atoms with Crippen molar-refractivity contribution in [2.45, 2.75) is 108 Å². The number of hydrogen-bond donors (Lipinski definition) is 3. The third-order valence-corrected chi connectivity index (χ3v) is 10.6. The number of anilines is 1. The van der Waals surface area contributed by atoms with Crippen LogP contribution in [-0.4, -0.2) is 101 Å². The first-order valence-electron chi connectivity index (χ1n) is 23.1. The van der Waals surface area contributed by atoms with Crippen LogP contribution in [0.3, 0.4) is 0 Å². The molecule has 27 heteroatoms. The van der Waals surface area contributed by atoms with Gasteiger partial charge in [0.2, 0.25) is 5.43 Å². The van der Waals surface area contributed by atoms with Gasteiger partial charge in [0.25, 0.3) is 22.9 Å². The predicted molar refractivity (Wildman–Crippen MR) is 288 cm³/mol. The molecule has 2 aliphatic rings. The molecule has 2 saturated heterocycles. The number of H-pyrrole nitrogens is 1. The molecule has 0 atom stereocenters. The Balaban J connectivity index is 0.000000929. The Kier molecular flexibility index (Phi) is 30.3. The number of esters is 4. The van der Waals surface area contributed by atoms with Gasteiger partial charge in [-0.1, -0.05) is 11.6 Å². The number of aromatic nitrogens is 6. The quantitative estimate of drug-likeness (QED) is 0.0426. The molecule has 2 fully saturated rings. The molecule has 0 aliphatic carbocycles. The summed E-state index contributed by atoms with van der Waals surface area (Å²) in [5.41, 5.74) is 16.4. The van der Waals surface area contributed by atoms with E-state index < -0.39 is 51.2 Å². The molecule has 0 bridgehead atoms. The third-order valence-electron chi connectivity index (χ3n) is 10.2. The van der Waals surface area contributed by atoms with Crippen LogP contribution in [0.4, 0.5) is 22.7 Å². The Morgan fingerprint density at radius 3 is 1.53 bits per heavy atom. The molecule has 0 spiro atoms. The zero-order chi connectivity index (χ0) is 59.8. The zero-order valence-electron chi connectivity index (χ0n) is 46.9. The number of nitrogens with zero attached hydrogens (tertiary/aromatic N) is 8. The number of pyridine rings is 6. The number of carbonyl (C=O) groups is 4. The van der Waals surface area contributed by atoms with Gasteiger partial charge in [-0.2, -0.15) is 7.11 Å². The van der Waals surface area contributed by atoms with E-state index in [9.17, 15) is 44.2 Å². The van der Waals surface area contributed by atoms with Crippen molar-refractivity contribution in [1.82, 2.24) is 29.9 Å². The van der Waals surface area contributed by atoms with Gasteiger partial charge in [-0.05, 0) is 108 Å². The second-order valence-electron chi connectivity index (χ2n) is 17.3. The minimum atomic E-state index is -1.22. The number of nitrogen functional groups attached to an aromatic ring is 1. The number of carbonyl (C=O) groups excluding carboxylic acids is 4. The van der Waals surface area contributed by atoms with Gasteiger partial charge >= 0.3 is 53.4 Å². The minimum Gasteiger partial charge on any atom is -0.857 e. The molecular weight excluding hydrogens is 1060 g/mol. The summed E-state index contributed by atoms with van der Waals surface area (Å²) in [5, 5.41) is 36.0. The molecule has 2 aliphatic heterocycles. The SMILES string of the molecule is CC1(C)OC(=O)CC(=O)O1.CO.C[O-].Cc1cc(N)cnc1C.Cc1cc(N=CC2C(=O)OC(C)(C)OC2=O)cnc1C.Cc1cc([N+](=O)[O-])cnc1C.Cc1cc([N+](=O)[O-])cnc1Cl.Cc1cc2[nH]ccc(=O)c2nc1C.[Na+]. The minimum absolute atomic E-state index is 0. The number of fused-ring (bicyclic) bond motifs is 1. The third kappa shape index (κ3) is 24.7.